The Labute approximate surface area is 81.9 Å². The van der Waals surface area contributed by atoms with Gasteiger partial charge in [0.15, 0.2) is 0 Å². The molecule has 0 aliphatic carbocycles. The van der Waals surface area contributed by atoms with Gasteiger partial charge in [-0.1, -0.05) is 0 Å². The molecule has 3 nitrogen and oxygen atoms in total. The Balaban J connectivity index is 2.19. The molecule has 1 atom stereocenters. The highest BCUT2D eigenvalue weighted by Gasteiger charge is 2.17. The van der Waals surface area contributed by atoms with E-state index in [9.17, 15) is 0 Å². The number of hydrogen-bond donors (Lipinski definition) is 1. The molecule has 1 saturated heterocycles. The fraction of sp³-hybridized carbons (Fsp3) is 1.00. The van der Waals surface area contributed by atoms with Crippen molar-refractivity contribution >= 4 is 0 Å². The molecule has 78 valence electrons. The van der Waals surface area contributed by atoms with Gasteiger partial charge in [0.05, 0.1) is 0 Å². The van der Waals surface area contributed by atoms with Crippen LogP contribution in [0.2, 0.25) is 0 Å². The molecule has 0 radical (unpaired) electrons. The van der Waals surface area contributed by atoms with E-state index in [1.54, 1.807) is 0 Å². The van der Waals surface area contributed by atoms with Crippen LogP contribution in [0.25, 0.3) is 0 Å². The van der Waals surface area contributed by atoms with Crippen LogP contribution in [0.5, 0.6) is 0 Å². The standard InChI is InChI=1S/C10H23N3/c1-10(4-3-5-11)13-8-6-12(2)7-9-13/h10H,3-9,11H2,1-2H3/t10-/m0/s1. The summed E-state index contributed by atoms with van der Waals surface area (Å²) in [7, 11) is 2.20. The molecule has 1 aliphatic heterocycles. The second-order valence-electron chi connectivity index (χ2n) is 4.12. The zero-order valence-electron chi connectivity index (χ0n) is 9.00. The minimum absolute atomic E-state index is 0.720. The predicted octanol–water partition coefficient (Wildman–Crippen LogP) is 0.361. The topological polar surface area (TPSA) is 32.5 Å². The molecule has 1 aliphatic rings. The lowest BCUT2D eigenvalue weighted by Crippen LogP contribution is -2.48. The number of rotatable bonds is 4. The smallest absolute Gasteiger partial charge is 0.0113 e. The molecule has 0 aromatic carbocycles. The van der Waals surface area contributed by atoms with Crippen molar-refractivity contribution in [2.75, 3.05) is 39.8 Å². The Morgan fingerprint density at radius 3 is 2.38 bits per heavy atom. The first-order valence-corrected chi connectivity index (χ1v) is 5.36. The quantitative estimate of drug-likeness (QED) is 0.686. The first kappa shape index (κ1) is 11.0. The van der Waals surface area contributed by atoms with E-state index in [2.05, 4.69) is 23.8 Å². The van der Waals surface area contributed by atoms with Crippen LogP contribution in [0.3, 0.4) is 0 Å². The van der Waals surface area contributed by atoms with E-state index in [-0.39, 0.29) is 0 Å². The van der Waals surface area contributed by atoms with Crippen molar-refractivity contribution < 1.29 is 0 Å². The van der Waals surface area contributed by atoms with Gasteiger partial charge in [-0.05, 0) is 33.4 Å². The monoisotopic (exact) mass is 185 g/mol. The molecule has 0 saturated carbocycles. The molecule has 0 aromatic heterocycles. The second kappa shape index (κ2) is 5.58. The lowest BCUT2D eigenvalue weighted by atomic mass is 10.1. The summed E-state index contributed by atoms with van der Waals surface area (Å²) in [5.74, 6) is 0. The van der Waals surface area contributed by atoms with E-state index in [1.165, 1.54) is 32.6 Å². The first-order valence-electron chi connectivity index (χ1n) is 5.36. The lowest BCUT2D eigenvalue weighted by molar-refractivity contribution is 0.114. The number of hydrogen-bond acceptors (Lipinski definition) is 3. The Hall–Kier alpha value is -0.120. The highest BCUT2D eigenvalue weighted by Crippen LogP contribution is 2.08. The van der Waals surface area contributed by atoms with Gasteiger partial charge in [-0.15, -0.1) is 0 Å². The third-order valence-corrected chi connectivity index (χ3v) is 2.99. The van der Waals surface area contributed by atoms with Gasteiger partial charge in [0.2, 0.25) is 0 Å². The normalized spacial score (nSPS) is 23.3. The maximum atomic E-state index is 5.50. The van der Waals surface area contributed by atoms with E-state index >= 15 is 0 Å². The molecule has 1 rings (SSSR count). The first-order chi connectivity index (χ1) is 6.24. The molecule has 0 amide bonds. The minimum atomic E-state index is 0.720. The molecule has 2 N–H and O–H groups in total. The van der Waals surface area contributed by atoms with Crippen LogP contribution in [-0.4, -0.2) is 55.6 Å². The summed E-state index contributed by atoms with van der Waals surface area (Å²) < 4.78 is 0. The molecular weight excluding hydrogens is 162 g/mol. The number of likely N-dealkylation sites (N-methyl/N-ethyl adjacent to an activating group) is 1. The summed E-state index contributed by atoms with van der Waals surface area (Å²) in [5.41, 5.74) is 5.50. The summed E-state index contributed by atoms with van der Waals surface area (Å²) in [6.07, 6.45) is 2.41. The Kier molecular flexibility index (Phi) is 4.70. The highest BCUT2D eigenvalue weighted by atomic mass is 15.3. The average Bonchev–Trinajstić information content (AvgIpc) is 2.15. The van der Waals surface area contributed by atoms with E-state index in [1.807, 2.05) is 0 Å². The van der Waals surface area contributed by atoms with Crippen molar-refractivity contribution in [3.8, 4) is 0 Å². The van der Waals surface area contributed by atoms with E-state index in [0.29, 0.717) is 0 Å². The number of piperazine rings is 1. The minimum Gasteiger partial charge on any atom is -0.330 e. The van der Waals surface area contributed by atoms with Gasteiger partial charge >= 0.3 is 0 Å². The maximum absolute atomic E-state index is 5.50. The third kappa shape index (κ3) is 3.63. The fourth-order valence-corrected chi connectivity index (χ4v) is 1.86. The molecule has 0 unspecified atom stereocenters. The maximum Gasteiger partial charge on any atom is 0.0113 e. The molecule has 1 heterocycles. The van der Waals surface area contributed by atoms with Crippen molar-refractivity contribution in [3.05, 3.63) is 0 Å². The molecule has 1 fully saturated rings. The van der Waals surface area contributed by atoms with Crippen molar-refractivity contribution in [2.24, 2.45) is 5.73 Å². The summed E-state index contributed by atoms with van der Waals surface area (Å²) in [6, 6.07) is 0.720. The Morgan fingerprint density at radius 2 is 1.85 bits per heavy atom. The SMILES string of the molecule is C[C@@H](CCCN)N1CCN(C)CC1. The van der Waals surface area contributed by atoms with Gasteiger partial charge in [0, 0.05) is 32.2 Å². The van der Waals surface area contributed by atoms with Crippen LogP contribution in [0.15, 0.2) is 0 Å². The van der Waals surface area contributed by atoms with Gasteiger partial charge in [-0.3, -0.25) is 4.90 Å². The lowest BCUT2D eigenvalue weighted by Gasteiger charge is -2.36. The van der Waals surface area contributed by atoms with Gasteiger partial charge in [-0.2, -0.15) is 0 Å². The molecule has 0 bridgehead atoms. The predicted molar refractivity (Wildman–Crippen MR) is 56.8 cm³/mol. The van der Waals surface area contributed by atoms with Crippen LogP contribution in [0, 0.1) is 0 Å². The van der Waals surface area contributed by atoms with E-state index in [4.69, 9.17) is 5.73 Å². The van der Waals surface area contributed by atoms with Crippen LogP contribution in [-0.2, 0) is 0 Å². The van der Waals surface area contributed by atoms with Crippen LogP contribution < -0.4 is 5.73 Å². The Morgan fingerprint density at radius 1 is 1.23 bits per heavy atom. The van der Waals surface area contributed by atoms with Crippen molar-refractivity contribution in [1.82, 2.24) is 9.80 Å². The fourth-order valence-electron chi connectivity index (χ4n) is 1.86. The van der Waals surface area contributed by atoms with Gasteiger partial charge in [0.1, 0.15) is 0 Å². The molecule has 3 heteroatoms. The van der Waals surface area contributed by atoms with Gasteiger partial charge in [-0.25, -0.2) is 0 Å². The average molecular weight is 185 g/mol. The van der Waals surface area contributed by atoms with Crippen molar-refractivity contribution in [2.45, 2.75) is 25.8 Å². The molecule has 0 spiro atoms. The van der Waals surface area contributed by atoms with Crippen molar-refractivity contribution in [3.63, 3.8) is 0 Å². The molecule has 13 heavy (non-hydrogen) atoms. The third-order valence-electron chi connectivity index (χ3n) is 2.99. The number of nitrogens with two attached hydrogens (primary N) is 1. The Bertz CT molecular complexity index is 130. The van der Waals surface area contributed by atoms with Crippen molar-refractivity contribution in [1.29, 1.82) is 0 Å². The summed E-state index contributed by atoms with van der Waals surface area (Å²) in [5, 5.41) is 0. The van der Waals surface area contributed by atoms with Crippen LogP contribution in [0.1, 0.15) is 19.8 Å². The van der Waals surface area contributed by atoms with Gasteiger partial charge in [0.25, 0.3) is 0 Å². The zero-order valence-corrected chi connectivity index (χ0v) is 9.00. The summed E-state index contributed by atoms with van der Waals surface area (Å²) >= 11 is 0. The molecular formula is C10H23N3. The largest absolute Gasteiger partial charge is 0.330 e. The van der Waals surface area contributed by atoms with E-state index in [0.717, 1.165) is 19.0 Å². The summed E-state index contributed by atoms with van der Waals surface area (Å²) in [6.45, 7) is 8.03. The van der Waals surface area contributed by atoms with Crippen LogP contribution in [0.4, 0.5) is 0 Å². The molecule has 0 aromatic rings. The number of nitrogens with zero attached hydrogens (tertiary/aromatic N) is 2. The van der Waals surface area contributed by atoms with Gasteiger partial charge < -0.3 is 10.6 Å². The highest BCUT2D eigenvalue weighted by molar-refractivity contribution is 4.74. The van der Waals surface area contributed by atoms with Crippen LogP contribution >= 0.6 is 0 Å². The van der Waals surface area contributed by atoms with E-state index < -0.39 is 0 Å². The zero-order chi connectivity index (χ0) is 9.68. The second-order valence-corrected chi connectivity index (χ2v) is 4.12. The summed E-state index contributed by atoms with van der Waals surface area (Å²) in [4.78, 5) is 4.97.